The monoisotopic (exact) mass is 269 g/mol. The van der Waals surface area contributed by atoms with Crippen molar-refractivity contribution in [2.24, 2.45) is 0 Å². The molecular weight excluding hydrogens is 246 g/mol. The SMILES string of the molecule is CCCCS(=O)(=O)N(Cc1ccccc1)C(C)C. The third kappa shape index (κ3) is 4.42. The van der Waals surface area contributed by atoms with Crippen molar-refractivity contribution in [2.45, 2.75) is 46.2 Å². The van der Waals surface area contributed by atoms with Gasteiger partial charge in [0.1, 0.15) is 0 Å². The molecule has 0 saturated carbocycles. The lowest BCUT2D eigenvalue weighted by Crippen LogP contribution is -2.37. The molecule has 18 heavy (non-hydrogen) atoms. The van der Waals surface area contributed by atoms with Gasteiger partial charge in [0.05, 0.1) is 5.75 Å². The van der Waals surface area contributed by atoms with Crippen LogP contribution in [0.15, 0.2) is 30.3 Å². The topological polar surface area (TPSA) is 37.4 Å². The van der Waals surface area contributed by atoms with Crippen LogP contribution in [0.5, 0.6) is 0 Å². The lowest BCUT2D eigenvalue weighted by molar-refractivity contribution is 0.347. The summed E-state index contributed by atoms with van der Waals surface area (Å²) in [5, 5.41) is 0. The molecule has 0 aromatic heterocycles. The zero-order valence-electron chi connectivity index (χ0n) is 11.5. The van der Waals surface area contributed by atoms with E-state index in [1.165, 1.54) is 0 Å². The first-order valence-corrected chi connectivity index (χ1v) is 8.11. The predicted octanol–water partition coefficient (Wildman–Crippen LogP) is 3.03. The zero-order chi connectivity index (χ0) is 13.6. The lowest BCUT2D eigenvalue weighted by Gasteiger charge is -2.26. The summed E-state index contributed by atoms with van der Waals surface area (Å²) in [5.41, 5.74) is 1.03. The van der Waals surface area contributed by atoms with Gasteiger partial charge in [-0.05, 0) is 25.8 Å². The Morgan fingerprint density at radius 2 is 1.78 bits per heavy atom. The highest BCUT2D eigenvalue weighted by molar-refractivity contribution is 7.89. The molecule has 0 heterocycles. The van der Waals surface area contributed by atoms with E-state index in [4.69, 9.17) is 0 Å². The molecule has 0 atom stereocenters. The largest absolute Gasteiger partial charge is 0.214 e. The Bertz CT molecular complexity index is 440. The van der Waals surface area contributed by atoms with Crippen molar-refractivity contribution in [3.05, 3.63) is 35.9 Å². The summed E-state index contributed by atoms with van der Waals surface area (Å²) >= 11 is 0. The van der Waals surface area contributed by atoms with Crippen LogP contribution in [-0.2, 0) is 16.6 Å². The van der Waals surface area contributed by atoms with Crippen molar-refractivity contribution >= 4 is 10.0 Å². The van der Waals surface area contributed by atoms with Gasteiger partial charge in [-0.25, -0.2) is 8.42 Å². The second-order valence-electron chi connectivity index (χ2n) is 4.79. The summed E-state index contributed by atoms with van der Waals surface area (Å²) in [6.07, 6.45) is 1.62. The van der Waals surface area contributed by atoms with Gasteiger partial charge in [-0.15, -0.1) is 0 Å². The van der Waals surface area contributed by atoms with Crippen LogP contribution in [0, 0.1) is 0 Å². The van der Waals surface area contributed by atoms with E-state index in [2.05, 4.69) is 0 Å². The van der Waals surface area contributed by atoms with Crippen molar-refractivity contribution in [3.63, 3.8) is 0 Å². The molecule has 0 saturated heterocycles. The highest BCUT2D eigenvalue weighted by Crippen LogP contribution is 2.14. The van der Waals surface area contributed by atoms with E-state index >= 15 is 0 Å². The van der Waals surface area contributed by atoms with E-state index in [0.29, 0.717) is 6.54 Å². The fourth-order valence-corrected chi connectivity index (χ4v) is 3.69. The Morgan fingerprint density at radius 3 is 2.28 bits per heavy atom. The van der Waals surface area contributed by atoms with Crippen molar-refractivity contribution in [1.82, 2.24) is 4.31 Å². The molecule has 0 fully saturated rings. The van der Waals surface area contributed by atoms with E-state index in [-0.39, 0.29) is 11.8 Å². The molecular formula is C14H23NO2S. The van der Waals surface area contributed by atoms with Gasteiger partial charge in [-0.1, -0.05) is 43.7 Å². The number of hydrogen-bond donors (Lipinski definition) is 0. The summed E-state index contributed by atoms with van der Waals surface area (Å²) in [6, 6.07) is 9.73. The molecule has 4 heteroatoms. The molecule has 0 N–H and O–H groups in total. The first kappa shape index (κ1) is 15.2. The first-order chi connectivity index (χ1) is 8.47. The molecule has 1 rings (SSSR count). The number of unbranched alkanes of at least 4 members (excludes halogenated alkanes) is 1. The molecule has 0 aliphatic carbocycles. The van der Waals surface area contributed by atoms with Crippen molar-refractivity contribution in [1.29, 1.82) is 0 Å². The molecule has 3 nitrogen and oxygen atoms in total. The fraction of sp³-hybridized carbons (Fsp3) is 0.571. The summed E-state index contributed by atoms with van der Waals surface area (Å²) in [7, 11) is -3.15. The van der Waals surface area contributed by atoms with Gasteiger partial charge >= 0.3 is 0 Å². The van der Waals surface area contributed by atoms with Gasteiger partial charge < -0.3 is 0 Å². The number of benzene rings is 1. The molecule has 0 aliphatic heterocycles. The van der Waals surface area contributed by atoms with E-state index in [9.17, 15) is 8.42 Å². The van der Waals surface area contributed by atoms with Gasteiger partial charge in [-0.3, -0.25) is 0 Å². The van der Waals surface area contributed by atoms with Gasteiger partial charge in [0.2, 0.25) is 10.0 Å². The Labute approximate surface area is 111 Å². The number of sulfonamides is 1. The molecule has 0 spiro atoms. The Morgan fingerprint density at radius 1 is 1.17 bits per heavy atom. The minimum absolute atomic E-state index is 0.00735. The van der Waals surface area contributed by atoms with Gasteiger partial charge in [0.15, 0.2) is 0 Å². The van der Waals surface area contributed by atoms with Gasteiger partial charge in [0.25, 0.3) is 0 Å². The van der Waals surface area contributed by atoms with Crippen LogP contribution in [0.3, 0.4) is 0 Å². The molecule has 0 aliphatic rings. The van der Waals surface area contributed by atoms with Crippen LogP contribution in [0.2, 0.25) is 0 Å². The summed E-state index contributed by atoms with van der Waals surface area (Å²) < 4.78 is 26.1. The zero-order valence-corrected chi connectivity index (χ0v) is 12.3. The molecule has 0 bridgehead atoms. The molecule has 0 amide bonds. The average Bonchev–Trinajstić information content (AvgIpc) is 2.34. The third-order valence-electron chi connectivity index (χ3n) is 2.87. The fourth-order valence-electron chi connectivity index (χ4n) is 1.81. The van der Waals surface area contributed by atoms with Crippen LogP contribution in [-0.4, -0.2) is 24.5 Å². The second kappa shape index (κ2) is 6.90. The maximum absolute atomic E-state index is 12.3. The Kier molecular flexibility index (Phi) is 5.82. The van der Waals surface area contributed by atoms with Gasteiger partial charge in [-0.2, -0.15) is 4.31 Å². The standard InChI is InChI=1S/C14H23NO2S/c1-4-5-11-18(16,17)15(13(2)3)12-14-9-7-6-8-10-14/h6-10,13H,4-5,11-12H2,1-3H3. The second-order valence-corrected chi connectivity index (χ2v) is 6.84. The average molecular weight is 269 g/mol. The first-order valence-electron chi connectivity index (χ1n) is 6.51. The van der Waals surface area contributed by atoms with E-state index < -0.39 is 10.0 Å². The maximum Gasteiger partial charge on any atom is 0.214 e. The van der Waals surface area contributed by atoms with Crippen LogP contribution in [0.4, 0.5) is 0 Å². The predicted molar refractivity (Wildman–Crippen MR) is 75.8 cm³/mol. The maximum atomic E-state index is 12.3. The van der Waals surface area contributed by atoms with E-state index in [1.807, 2.05) is 51.1 Å². The van der Waals surface area contributed by atoms with Crippen LogP contribution in [0.25, 0.3) is 0 Å². The molecule has 0 radical (unpaired) electrons. The minimum Gasteiger partial charge on any atom is -0.212 e. The Balaban J connectivity index is 2.83. The van der Waals surface area contributed by atoms with Crippen molar-refractivity contribution in [3.8, 4) is 0 Å². The number of hydrogen-bond acceptors (Lipinski definition) is 2. The Hall–Kier alpha value is -0.870. The van der Waals surface area contributed by atoms with Gasteiger partial charge in [0, 0.05) is 12.6 Å². The highest BCUT2D eigenvalue weighted by atomic mass is 32.2. The minimum atomic E-state index is -3.15. The molecule has 1 aromatic carbocycles. The lowest BCUT2D eigenvalue weighted by atomic mass is 10.2. The molecule has 102 valence electrons. The van der Waals surface area contributed by atoms with Crippen LogP contribution >= 0.6 is 0 Å². The number of rotatable bonds is 7. The van der Waals surface area contributed by atoms with Crippen molar-refractivity contribution in [2.75, 3.05) is 5.75 Å². The smallest absolute Gasteiger partial charge is 0.212 e. The van der Waals surface area contributed by atoms with E-state index in [0.717, 1.165) is 18.4 Å². The quantitative estimate of drug-likeness (QED) is 0.763. The van der Waals surface area contributed by atoms with Crippen LogP contribution < -0.4 is 0 Å². The summed E-state index contributed by atoms with van der Waals surface area (Å²) in [4.78, 5) is 0. The third-order valence-corrected chi connectivity index (χ3v) is 4.94. The normalized spacial score (nSPS) is 12.3. The van der Waals surface area contributed by atoms with Crippen molar-refractivity contribution < 1.29 is 8.42 Å². The molecule has 1 aromatic rings. The number of nitrogens with zero attached hydrogens (tertiary/aromatic N) is 1. The summed E-state index contributed by atoms with van der Waals surface area (Å²) in [5.74, 6) is 0.245. The molecule has 0 unspecified atom stereocenters. The van der Waals surface area contributed by atoms with Crippen LogP contribution in [0.1, 0.15) is 39.2 Å². The summed E-state index contributed by atoms with van der Waals surface area (Å²) in [6.45, 7) is 6.32. The van der Waals surface area contributed by atoms with E-state index in [1.54, 1.807) is 4.31 Å². The highest BCUT2D eigenvalue weighted by Gasteiger charge is 2.24.